The van der Waals surface area contributed by atoms with E-state index in [0.29, 0.717) is 5.69 Å². The van der Waals surface area contributed by atoms with E-state index in [0.717, 1.165) is 11.1 Å². The monoisotopic (exact) mass is 277 g/mol. The normalized spacial score (nSPS) is 10.5. The van der Waals surface area contributed by atoms with Crippen LogP contribution in [0.15, 0.2) is 79.0 Å². The largest absolute Gasteiger partial charge is 0.448 e. The molecule has 0 radical (unpaired) electrons. The molecule has 104 valence electrons. The lowest BCUT2D eigenvalue weighted by Gasteiger charge is -2.18. The maximum atomic E-state index is 12.2. The van der Waals surface area contributed by atoms with E-state index in [-0.39, 0.29) is 5.97 Å². The zero-order valence-electron chi connectivity index (χ0n) is 11.4. The molecule has 0 aliphatic carbocycles. The SMILES string of the molecule is O=C(OC(c1ccccc1)c1ccccc1)c1ccc[nH]1. The number of benzene rings is 2. The summed E-state index contributed by atoms with van der Waals surface area (Å²) >= 11 is 0. The molecule has 0 amide bonds. The van der Waals surface area contributed by atoms with Gasteiger partial charge in [-0.05, 0) is 23.3 Å². The maximum absolute atomic E-state index is 12.2. The number of esters is 1. The van der Waals surface area contributed by atoms with Crippen LogP contribution >= 0.6 is 0 Å². The number of H-pyrrole nitrogens is 1. The Morgan fingerprint density at radius 3 is 1.86 bits per heavy atom. The molecule has 0 fully saturated rings. The topological polar surface area (TPSA) is 42.1 Å². The Hall–Kier alpha value is -2.81. The van der Waals surface area contributed by atoms with E-state index in [1.54, 1.807) is 18.3 Å². The zero-order valence-corrected chi connectivity index (χ0v) is 11.4. The van der Waals surface area contributed by atoms with E-state index in [1.807, 2.05) is 60.7 Å². The van der Waals surface area contributed by atoms with Crippen molar-refractivity contribution in [3.8, 4) is 0 Å². The number of aromatic amines is 1. The van der Waals surface area contributed by atoms with Crippen molar-refractivity contribution in [2.75, 3.05) is 0 Å². The van der Waals surface area contributed by atoms with Crippen LogP contribution < -0.4 is 0 Å². The van der Waals surface area contributed by atoms with E-state index < -0.39 is 6.10 Å². The first-order valence-electron chi connectivity index (χ1n) is 6.79. The molecule has 1 aromatic heterocycles. The highest BCUT2D eigenvalue weighted by Gasteiger charge is 2.20. The minimum atomic E-state index is -0.414. The Bertz CT molecular complexity index is 651. The molecular formula is C18H15NO2. The molecule has 1 N–H and O–H groups in total. The molecule has 0 saturated carbocycles. The molecule has 21 heavy (non-hydrogen) atoms. The molecule has 0 saturated heterocycles. The Morgan fingerprint density at radius 2 is 1.38 bits per heavy atom. The first-order valence-corrected chi connectivity index (χ1v) is 6.79. The van der Waals surface area contributed by atoms with E-state index in [4.69, 9.17) is 4.74 Å². The van der Waals surface area contributed by atoms with Crippen molar-refractivity contribution in [2.24, 2.45) is 0 Å². The van der Waals surface area contributed by atoms with Gasteiger partial charge in [-0.1, -0.05) is 60.7 Å². The van der Waals surface area contributed by atoms with Gasteiger partial charge in [-0.25, -0.2) is 4.79 Å². The summed E-state index contributed by atoms with van der Waals surface area (Å²) in [6.45, 7) is 0. The quantitative estimate of drug-likeness (QED) is 0.733. The summed E-state index contributed by atoms with van der Waals surface area (Å²) in [6, 6.07) is 22.9. The predicted octanol–water partition coefficient (Wildman–Crippen LogP) is 3.96. The molecule has 3 heteroatoms. The van der Waals surface area contributed by atoms with Crippen LogP contribution in [-0.4, -0.2) is 11.0 Å². The van der Waals surface area contributed by atoms with Crippen LogP contribution in [-0.2, 0) is 4.74 Å². The minimum absolute atomic E-state index is 0.363. The molecule has 3 rings (SSSR count). The molecule has 3 nitrogen and oxygen atoms in total. The van der Waals surface area contributed by atoms with Gasteiger partial charge in [-0.3, -0.25) is 0 Å². The highest BCUT2D eigenvalue weighted by Crippen LogP contribution is 2.26. The molecule has 0 aliphatic heterocycles. The number of aromatic nitrogens is 1. The molecule has 0 atom stereocenters. The van der Waals surface area contributed by atoms with Gasteiger partial charge < -0.3 is 9.72 Å². The van der Waals surface area contributed by atoms with Crippen LogP contribution in [0, 0.1) is 0 Å². The Morgan fingerprint density at radius 1 is 0.810 bits per heavy atom. The molecule has 0 spiro atoms. The van der Waals surface area contributed by atoms with Crippen LogP contribution in [0.3, 0.4) is 0 Å². The minimum Gasteiger partial charge on any atom is -0.448 e. The smallest absolute Gasteiger partial charge is 0.355 e. The number of carbonyl (C=O) groups excluding carboxylic acids is 1. The molecule has 0 unspecified atom stereocenters. The fraction of sp³-hybridized carbons (Fsp3) is 0.0556. The van der Waals surface area contributed by atoms with Gasteiger partial charge in [0.1, 0.15) is 5.69 Å². The van der Waals surface area contributed by atoms with E-state index in [2.05, 4.69) is 4.98 Å². The van der Waals surface area contributed by atoms with Gasteiger partial charge in [-0.2, -0.15) is 0 Å². The zero-order chi connectivity index (χ0) is 14.5. The van der Waals surface area contributed by atoms with Gasteiger partial charge in [0.2, 0.25) is 0 Å². The predicted molar refractivity (Wildman–Crippen MR) is 80.9 cm³/mol. The van der Waals surface area contributed by atoms with Crippen molar-refractivity contribution in [3.63, 3.8) is 0 Å². The number of nitrogens with one attached hydrogen (secondary N) is 1. The number of ether oxygens (including phenoxy) is 1. The summed E-state index contributed by atoms with van der Waals surface area (Å²) in [5, 5.41) is 0. The van der Waals surface area contributed by atoms with Gasteiger partial charge in [0.25, 0.3) is 0 Å². The maximum Gasteiger partial charge on any atom is 0.355 e. The summed E-state index contributed by atoms with van der Waals surface area (Å²) in [4.78, 5) is 15.1. The van der Waals surface area contributed by atoms with E-state index >= 15 is 0 Å². The fourth-order valence-corrected chi connectivity index (χ4v) is 2.21. The summed E-state index contributed by atoms with van der Waals surface area (Å²) in [7, 11) is 0. The van der Waals surface area contributed by atoms with Crippen molar-refractivity contribution in [3.05, 3.63) is 95.8 Å². The summed E-state index contributed by atoms with van der Waals surface area (Å²) < 4.78 is 5.70. The van der Waals surface area contributed by atoms with Crippen molar-refractivity contribution in [1.29, 1.82) is 0 Å². The van der Waals surface area contributed by atoms with Crippen LogP contribution in [0.2, 0.25) is 0 Å². The van der Waals surface area contributed by atoms with Crippen molar-refractivity contribution in [2.45, 2.75) is 6.10 Å². The Kier molecular flexibility index (Phi) is 3.83. The van der Waals surface area contributed by atoms with E-state index in [1.165, 1.54) is 0 Å². The number of rotatable bonds is 4. The standard InChI is InChI=1S/C18H15NO2/c20-18(16-12-7-13-19-16)21-17(14-8-3-1-4-9-14)15-10-5-2-6-11-15/h1-13,17,19H. The number of hydrogen-bond acceptors (Lipinski definition) is 2. The molecule has 1 heterocycles. The van der Waals surface area contributed by atoms with Gasteiger partial charge in [0.15, 0.2) is 6.10 Å². The highest BCUT2D eigenvalue weighted by molar-refractivity contribution is 5.87. The number of hydrogen-bond donors (Lipinski definition) is 1. The molecule has 0 aliphatic rings. The molecule has 3 aromatic rings. The lowest BCUT2D eigenvalue weighted by Crippen LogP contribution is -2.13. The first kappa shape index (κ1) is 13.2. The van der Waals surface area contributed by atoms with Gasteiger partial charge >= 0.3 is 5.97 Å². The van der Waals surface area contributed by atoms with Crippen LogP contribution in [0.5, 0.6) is 0 Å². The van der Waals surface area contributed by atoms with Gasteiger partial charge in [-0.15, -0.1) is 0 Å². The lowest BCUT2D eigenvalue weighted by atomic mass is 10.0. The van der Waals surface area contributed by atoms with Crippen LogP contribution in [0.25, 0.3) is 0 Å². The second-order valence-corrected chi connectivity index (χ2v) is 4.69. The van der Waals surface area contributed by atoms with Crippen molar-refractivity contribution < 1.29 is 9.53 Å². The van der Waals surface area contributed by atoms with Crippen LogP contribution in [0.4, 0.5) is 0 Å². The van der Waals surface area contributed by atoms with Gasteiger partial charge in [0.05, 0.1) is 0 Å². The third-order valence-electron chi connectivity index (χ3n) is 3.25. The summed E-state index contributed by atoms with van der Waals surface area (Å²) in [5.41, 5.74) is 2.35. The summed E-state index contributed by atoms with van der Waals surface area (Å²) in [5.74, 6) is -0.363. The lowest BCUT2D eigenvalue weighted by molar-refractivity contribution is 0.0372. The second-order valence-electron chi connectivity index (χ2n) is 4.69. The molecule has 2 aromatic carbocycles. The van der Waals surface area contributed by atoms with Gasteiger partial charge in [0, 0.05) is 6.20 Å². The average molecular weight is 277 g/mol. The van der Waals surface area contributed by atoms with Crippen molar-refractivity contribution >= 4 is 5.97 Å². The Balaban J connectivity index is 1.92. The third-order valence-corrected chi connectivity index (χ3v) is 3.25. The first-order chi connectivity index (χ1) is 10.3. The summed E-state index contributed by atoms with van der Waals surface area (Å²) in [6.07, 6.45) is 1.29. The Labute approximate surface area is 123 Å². The average Bonchev–Trinajstić information content (AvgIpc) is 3.09. The van der Waals surface area contributed by atoms with Crippen molar-refractivity contribution in [1.82, 2.24) is 4.98 Å². The molecular weight excluding hydrogens is 262 g/mol. The van der Waals surface area contributed by atoms with E-state index in [9.17, 15) is 4.79 Å². The number of carbonyl (C=O) groups is 1. The second kappa shape index (κ2) is 6.09. The third kappa shape index (κ3) is 3.03. The van der Waals surface area contributed by atoms with Crippen LogP contribution in [0.1, 0.15) is 27.7 Å². The molecule has 0 bridgehead atoms. The fourth-order valence-electron chi connectivity index (χ4n) is 2.21. The highest BCUT2D eigenvalue weighted by atomic mass is 16.5.